The van der Waals surface area contributed by atoms with Crippen LogP contribution >= 0.6 is 0 Å². The van der Waals surface area contributed by atoms with Crippen molar-refractivity contribution in [1.29, 1.82) is 0 Å². The first kappa shape index (κ1) is 21.3. The van der Waals surface area contributed by atoms with Crippen LogP contribution in [0.25, 0.3) is 0 Å². The molecule has 0 bridgehead atoms. The molecule has 2 aromatic rings. The van der Waals surface area contributed by atoms with Gasteiger partial charge in [0.25, 0.3) is 0 Å². The van der Waals surface area contributed by atoms with Crippen molar-refractivity contribution in [3.05, 3.63) is 71.5 Å². The number of hydrogen-bond acceptors (Lipinski definition) is 3. The van der Waals surface area contributed by atoms with Gasteiger partial charge in [-0.05, 0) is 50.1 Å². The second-order valence-electron chi connectivity index (χ2n) is 6.86. The number of amides is 2. The van der Waals surface area contributed by atoms with Crippen LogP contribution in [0.4, 0.5) is 4.39 Å². The Bertz CT molecular complexity index is 804. The monoisotopic (exact) mass is 384 g/mol. The molecule has 0 aromatic heterocycles. The van der Waals surface area contributed by atoms with E-state index >= 15 is 0 Å². The summed E-state index contributed by atoms with van der Waals surface area (Å²) in [5, 5.41) is 5.56. The van der Waals surface area contributed by atoms with E-state index in [1.165, 1.54) is 24.3 Å². The summed E-state index contributed by atoms with van der Waals surface area (Å²) in [6.45, 7) is 3.70. The summed E-state index contributed by atoms with van der Waals surface area (Å²) in [4.78, 5) is 36.9. The highest BCUT2D eigenvalue weighted by Crippen LogP contribution is 2.14. The van der Waals surface area contributed by atoms with Crippen molar-refractivity contribution in [2.24, 2.45) is 0 Å². The van der Waals surface area contributed by atoms with E-state index in [9.17, 15) is 18.8 Å². The maximum absolute atomic E-state index is 12.9. The van der Waals surface area contributed by atoms with E-state index < -0.39 is 11.9 Å². The molecule has 0 heterocycles. The average Bonchev–Trinajstić information content (AvgIpc) is 2.66. The van der Waals surface area contributed by atoms with E-state index in [0.29, 0.717) is 17.5 Å². The highest BCUT2D eigenvalue weighted by molar-refractivity contribution is 5.96. The van der Waals surface area contributed by atoms with Crippen LogP contribution in [0.2, 0.25) is 0 Å². The molecule has 1 atom stereocenters. The van der Waals surface area contributed by atoms with Crippen LogP contribution in [0, 0.1) is 5.82 Å². The lowest BCUT2D eigenvalue weighted by Gasteiger charge is -2.20. The molecule has 2 aromatic carbocycles. The van der Waals surface area contributed by atoms with Crippen molar-refractivity contribution in [3.8, 4) is 0 Å². The molecule has 0 saturated heterocycles. The topological polar surface area (TPSA) is 75.3 Å². The summed E-state index contributed by atoms with van der Waals surface area (Å²) < 4.78 is 12.9. The number of carbonyl (C=O) groups is 3. The van der Waals surface area contributed by atoms with Gasteiger partial charge in [0.2, 0.25) is 11.8 Å². The Hall–Kier alpha value is -3.02. The minimum atomic E-state index is -0.788. The first-order valence-corrected chi connectivity index (χ1v) is 9.30. The molecule has 6 heteroatoms. The number of halogens is 1. The molecule has 5 nitrogen and oxygen atoms in total. The highest BCUT2D eigenvalue weighted by Gasteiger charge is 2.23. The van der Waals surface area contributed by atoms with Crippen LogP contribution in [-0.4, -0.2) is 23.6 Å². The summed E-state index contributed by atoms with van der Waals surface area (Å²) in [6.07, 6.45) is 0.633. The smallest absolute Gasteiger partial charge is 0.247 e. The normalized spacial score (nSPS) is 11.7. The van der Waals surface area contributed by atoms with Crippen molar-refractivity contribution in [3.63, 3.8) is 0 Å². The van der Waals surface area contributed by atoms with Gasteiger partial charge in [-0.25, -0.2) is 4.39 Å². The number of Topliss-reactive ketones (excluding diaryl/α,β-unsaturated/α-hetero) is 1. The summed E-state index contributed by atoms with van der Waals surface area (Å²) >= 11 is 0. The lowest BCUT2D eigenvalue weighted by atomic mass is 10.0. The SMILES string of the molecule is CC(C)NC(=O)[C@@H](NC(=O)CCCC(=O)c1ccc(F)cc1)c1ccccc1. The van der Waals surface area contributed by atoms with Gasteiger partial charge in [0.05, 0.1) is 0 Å². The van der Waals surface area contributed by atoms with E-state index in [2.05, 4.69) is 10.6 Å². The Kier molecular flexibility index (Phi) is 7.87. The molecular formula is C22H25FN2O3. The quantitative estimate of drug-likeness (QED) is 0.649. The van der Waals surface area contributed by atoms with Gasteiger partial charge < -0.3 is 10.6 Å². The third-order valence-corrected chi connectivity index (χ3v) is 4.11. The van der Waals surface area contributed by atoms with Crippen molar-refractivity contribution in [2.45, 2.75) is 45.2 Å². The zero-order valence-corrected chi connectivity index (χ0v) is 16.1. The molecule has 0 aliphatic carbocycles. The third kappa shape index (κ3) is 6.61. The lowest BCUT2D eigenvalue weighted by molar-refractivity contribution is -0.129. The molecule has 28 heavy (non-hydrogen) atoms. The van der Waals surface area contributed by atoms with Gasteiger partial charge in [-0.15, -0.1) is 0 Å². The number of nitrogens with one attached hydrogen (secondary N) is 2. The molecule has 0 radical (unpaired) electrons. The fraction of sp³-hybridized carbons (Fsp3) is 0.318. The van der Waals surface area contributed by atoms with Crippen LogP contribution < -0.4 is 10.6 Å². The first-order valence-electron chi connectivity index (χ1n) is 9.30. The molecule has 2 rings (SSSR count). The van der Waals surface area contributed by atoms with Gasteiger partial charge in [-0.1, -0.05) is 30.3 Å². The Morgan fingerprint density at radius 1 is 0.893 bits per heavy atom. The van der Waals surface area contributed by atoms with Crippen LogP contribution in [0.15, 0.2) is 54.6 Å². The van der Waals surface area contributed by atoms with Crippen molar-refractivity contribution in [1.82, 2.24) is 10.6 Å². The number of rotatable bonds is 9. The molecule has 0 aliphatic rings. The van der Waals surface area contributed by atoms with Gasteiger partial charge in [-0.3, -0.25) is 14.4 Å². The number of ketones is 1. The van der Waals surface area contributed by atoms with E-state index in [1.807, 2.05) is 19.9 Å². The Morgan fingerprint density at radius 2 is 1.54 bits per heavy atom. The molecule has 148 valence electrons. The first-order chi connectivity index (χ1) is 13.4. The fourth-order valence-corrected chi connectivity index (χ4v) is 2.74. The Morgan fingerprint density at radius 3 is 2.14 bits per heavy atom. The van der Waals surface area contributed by atoms with Crippen LogP contribution in [0.1, 0.15) is 55.1 Å². The van der Waals surface area contributed by atoms with Gasteiger partial charge >= 0.3 is 0 Å². The van der Waals surface area contributed by atoms with Gasteiger partial charge in [0.15, 0.2) is 5.78 Å². The van der Waals surface area contributed by atoms with E-state index in [1.54, 1.807) is 24.3 Å². The molecule has 0 aliphatic heterocycles. The Balaban J connectivity index is 1.91. The van der Waals surface area contributed by atoms with Crippen molar-refractivity contribution in [2.75, 3.05) is 0 Å². The minimum Gasteiger partial charge on any atom is -0.352 e. The van der Waals surface area contributed by atoms with Gasteiger partial charge in [0.1, 0.15) is 11.9 Å². The van der Waals surface area contributed by atoms with Crippen LogP contribution in [0.3, 0.4) is 0 Å². The average molecular weight is 384 g/mol. The number of benzene rings is 2. The van der Waals surface area contributed by atoms with Crippen molar-refractivity contribution < 1.29 is 18.8 Å². The number of carbonyl (C=O) groups excluding carboxylic acids is 3. The molecule has 0 fully saturated rings. The maximum Gasteiger partial charge on any atom is 0.247 e. The van der Waals surface area contributed by atoms with E-state index in [-0.39, 0.29) is 36.5 Å². The highest BCUT2D eigenvalue weighted by atomic mass is 19.1. The van der Waals surface area contributed by atoms with E-state index in [4.69, 9.17) is 0 Å². The lowest BCUT2D eigenvalue weighted by Crippen LogP contribution is -2.42. The molecule has 2 amide bonds. The standard InChI is InChI=1S/C22H25FN2O3/c1-15(2)24-22(28)21(17-7-4-3-5-8-17)25-20(27)10-6-9-19(26)16-11-13-18(23)14-12-16/h3-5,7-8,11-15,21H,6,9-10H2,1-2H3,(H,24,28)(H,25,27)/t21-/m0/s1. The summed E-state index contributed by atoms with van der Waals surface area (Å²) in [5.74, 6) is -1.14. The van der Waals surface area contributed by atoms with Gasteiger partial charge in [-0.2, -0.15) is 0 Å². The molecule has 0 unspecified atom stereocenters. The minimum absolute atomic E-state index is 0.0519. The maximum atomic E-state index is 12.9. The Labute approximate surface area is 164 Å². The van der Waals surface area contributed by atoms with Crippen molar-refractivity contribution >= 4 is 17.6 Å². The second-order valence-corrected chi connectivity index (χ2v) is 6.86. The third-order valence-electron chi connectivity index (χ3n) is 4.11. The van der Waals surface area contributed by atoms with Crippen LogP contribution in [-0.2, 0) is 9.59 Å². The number of hydrogen-bond donors (Lipinski definition) is 2. The molecule has 2 N–H and O–H groups in total. The molecule has 0 saturated carbocycles. The summed E-state index contributed by atoms with van der Waals surface area (Å²) in [5.41, 5.74) is 1.11. The predicted molar refractivity (Wildman–Crippen MR) is 105 cm³/mol. The second kappa shape index (κ2) is 10.3. The zero-order chi connectivity index (χ0) is 20.5. The molecular weight excluding hydrogens is 359 g/mol. The summed E-state index contributed by atoms with van der Waals surface area (Å²) in [6, 6.07) is 13.5. The van der Waals surface area contributed by atoms with Crippen LogP contribution in [0.5, 0.6) is 0 Å². The predicted octanol–water partition coefficient (Wildman–Crippen LogP) is 3.56. The summed E-state index contributed by atoms with van der Waals surface area (Å²) in [7, 11) is 0. The zero-order valence-electron chi connectivity index (χ0n) is 16.1. The van der Waals surface area contributed by atoms with E-state index in [0.717, 1.165) is 0 Å². The fourth-order valence-electron chi connectivity index (χ4n) is 2.74. The molecule has 0 spiro atoms. The van der Waals surface area contributed by atoms with Gasteiger partial charge in [0, 0.05) is 24.4 Å². The largest absolute Gasteiger partial charge is 0.352 e.